The van der Waals surface area contributed by atoms with Crippen molar-refractivity contribution in [3.63, 3.8) is 0 Å². The van der Waals surface area contributed by atoms with Crippen LogP contribution in [0.25, 0.3) is 11.4 Å². The summed E-state index contributed by atoms with van der Waals surface area (Å²) in [4.78, 5) is 18.6. The summed E-state index contributed by atoms with van der Waals surface area (Å²) in [5.41, 5.74) is 6.64. The molecule has 7 heteroatoms. The van der Waals surface area contributed by atoms with E-state index >= 15 is 0 Å². The largest absolute Gasteiger partial charge is 0.343 e. The highest BCUT2D eigenvalue weighted by Gasteiger charge is 2.24. The normalized spacial score (nSPS) is 16.7. The molecule has 3 rings (SSSR count). The lowest BCUT2D eigenvalue weighted by Gasteiger charge is -2.33. The number of aromatic nitrogens is 2. The molecule has 1 fully saturated rings. The summed E-state index contributed by atoms with van der Waals surface area (Å²) in [6, 6.07) is 6.13. The third-order valence-electron chi connectivity index (χ3n) is 4.99. The first-order valence-corrected chi connectivity index (χ1v) is 9.15. The highest BCUT2D eigenvalue weighted by molar-refractivity contribution is 5.76. The maximum absolute atomic E-state index is 13.0. The predicted octanol–water partition coefficient (Wildman–Crippen LogP) is 2.78. The van der Waals surface area contributed by atoms with Crippen LogP contribution in [-0.4, -0.2) is 40.1 Å². The van der Waals surface area contributed by atoms with Gasteiger partial charge in [0.25, 0.3) is 0 Å². The number of benzene rings is 1. The number of nitrogens with zero attached hydrogens (tertiary/aromatic N) is 3. The van der Waals surface area contributed by atoms with E-state index < -0.39 is 0 Å². The smallest absolute Gasteiger partial charge is 0.226 e. The van der Waals surface area contributed by atoms with Crippen LogP contribution in [0.3, 0.4) is 0 Å². The van der Waals surface area contributed by atoms with Gasteiger partial charge in [0.05, 0.1) is 0 Å². The van der Waals surface area contributed by atoms with Crippen LogP contribution in [0.4, 0.5) is 4.39 Å². The fourth-order valence-corrected chi connectivity index (χ4v) is 3.30. The molecule has 2 aromatic rings. The van der Waals surface area contributed by atoms with Crippen molar-refractivity contribution >= 4 is 5.91 Å². The first-order chi connectivity index (χ1) is 12.5. The van der Waals surface area contributed by atoms with Gasteiger partial charge in [-0.05, 0) is 56.4 Å². The van der Waals surface area contributed by atoms with E-state index in [1.807, 2.05) is 11.8 Å². The van der Waals surface area contributed by atoms with Gasteiger partial charge in [-0.15, -0.1) is 0 Å². The number of hydrogen-bond acceptors (Lipinski definition) is 5. The summed E-state index contributed by atoms with van der Waals surface area (Å²) in [7, 11) is 0. The van der Waals surface area contributed by atoms with Gasteiger partial charge in [-0.2, -0.15) is 4.98 Å². The Morgan fingerprint density at radius 2 is 2.04 bits per heavy atom. The van der Waals surface area contributed by atoms with Gasteiger partial charge in [0.2, 0.25) is 17.6 Å². The molecule has 1 aromatic heterocycles. The van der Waals surface area contributed by atoms with E-state index in [-0.39, 0.29) is 17.8 Å². The van der Waals surface area contributed by atoms with Crippen LogP contribution in [0.1, 0.15) is 38.5 Å². The molecule has 0 bridgehead atoms. The molecule has 1 amide bonds. The topological polar surface area (TPSA) is 85.2 Å². The third kappa shape index (κ3) is 4.66. The van der Waals surface area contributed by atoms with Crippen LogP contribution < -0.4 is 5.73 Å². The van der Waals surface area contributed by atoms with Gasteiger partial charge in [-0.25, -0.2) is 4.39 Å². The molecule has 2 heterocycles. The number of aryl methyl sites for hydroxylation is 1. The number of piperidine rings is 1. The van der Waals surface area contributed by atoms with Crippen LogP contribution in [0.2, 0.25) is 0 Å². The Labute approximate surface area is 152 Å². The molecule has 1 saturated heterocycles. The molecule has 1 aromatic carbocycles. The van der Waals surface area contributed by atoms with Crippen LogP contribution in [0.15, 0.2) is 28.8 Å². The molecule has 0 spiro atoms. The molecule has 1 unspecified atom stereocenters. The lowest BCUT2D eigenvalue weighted by Crippen LogP contribution is -2.42. The lowest BCUT2D eigenvalue weighted by atomic mass is 9.91. The van der Waals surface area contributed by atoms with E-state index in [4.69, 9.17) is 10.3 Å². The molecule has 26 heavy (non-hydrogen) atoms. The number of likely N-dealkylation sites (tertiary alicyclic amines) is 1. The molecular weight excluding hydrogens is 335 g/mol. The minimum absolute atomic E-state index is 0.173. The van der Waals surface area contributed by atoms with E-state index in [0.29, 0.717) is 42.5 Å². The average molecular weight is 360 g/mol. The monoisotopic (exact) mass is 360 g/mol. The highest BCUT2D eigenvalue weighted by Crippen LogP contribution is 2.21. The zero-order valence-electron chi connectivity index (χ0n) is 15.0. The van der Waals surface area contributed by atoms with Crippen LogP contribution >= 0.6 is 0 Å². The molecule has 1 aliphatic rings. The molecule has 140 valence electrons. The van der Waals surface area contributed by atoms with Crippen molar-refractivity contribution in [3.05, 3.63) is 36.0 Å². The first-order valence-electron chi connectivity index (χ1n) is 9.15. The molecule has 6 nitrogen and oxygen atoms in total. The summed E-state index contributed by atoms with van der Waals surface area (Å²) >= 11 is 0. The average Bonchev–Trinajstić information content (AvgIpc) is 3.11. The Morgan fingerprint density at radius 3 is 2.69 bits per heavy atom. The van der Waals surface area contributed by atoms with Crippen molar-refractivity contribution in [2.75, 3.05) is 13.1 Å². The molecule has 2 N–H and O–H groups in total. The van der Waals surface area contributed by atoms with Gasteiger partial charge in [-0.1, -0.05) is 5.16 Å². The number of amides is 1. The maximum Gasteiger partial charge on any atom is 0.226 e. The lowest BCUT2D eigenvalue weighted by molar-refractivity contribution is -0.132. The van der Waals surface area contributed by atoms with Crippen molar-refractivity contribution < 1.29 is 13.7 Å². The fraction of sp³-hybridized carbons (Fsp3) is 0.526. The number of rotatable bonds is 6. The van der Waals surface area contributed by atoms with Gasteiger partial charge < -0.3 is 15.2 Å². The SMILES string of the molecule is CC(N)C1CCN(C(=O)CCCc2nc(-c3ccc(F)cc3)no2)CC1. The molecule has 0 saturated carbocycles. The van der Waals surface area contributed by atoms with Crippen molar-refractivity contribution in [3.8, 4) is 11.4 Å². The summed E-state index contributed by atoms with van der Waals surface area (Å²) < 4.78 is 18.2. The van der Waals surface area contributed by atoms with E-state index in [9.17, 15) is 9.18 Å². The van der Waals surface area contributed by atoms with Crippen molar-refractivity contribution in [1.82, 2.24) is 15.0 Å². The van der Waals surface area contributed by atoms with Crippen molar-refractivity contribution in [1.29, 1.82) is 0 Å². The van der Waals surface area contributed by atoms with Crippen LogP contribution in [-0.2, 0) is 11.2 Å². The van der Waals surface area contributed by atoms with E-state index in [0.717, 1.165) is 25.9 Å². The standard InChI is InChI=1S/C19H25FN4O2/c1-13(21)14-9-11-24(12-10-14)18(25)4-2-3-17-22-19(23-26-17)15-5-7-16(20)8-6-15/h5-8,13-14H,2-4,9-12,21H2,1H3. The number of carbonyl (C=O) groups is 1. The number of carbonyl (C=O) groups excluding carboxylic acids is 1. The maximum atomic E-state index is 13.0. The van der Waals surface area contributed by atoms with Crippen LogP contribution in [0, 0.1) is 11.7 Å². The van der Waals surface area contributed by atoms with Gasteiger partial charge in [0.1, 0.15) is 5.82 Å². The number of nitrogens with two attached hydrogens (primary N) is 1. The van der Waals surface area contributed by atoms with Gasteiger partial charge in [-0.3, -0.25) is 4.79 Å². The van der Waals surface area contributed by atoms with E-state index in [1.54, 1.807) is 12.1 Å². The number of hydrogen-bond donors (Lipinski definition) is 1. The third-order valence-corrected chi connectivity index (χ3v) is 4.99. The van der Waals surface area contributed by atoms with Gasteiger partial charge >= 0.3 is 0 Å². The van der Waals surface area contributed by atoms with Crippen molar-refractivity contribution in [2.45, 2.75) is 45.1 Å². The second-order valence-electron chi connectivity index (χ2n) is 6.95. The Morgan fingerprint density at radius 1 is 1.35 bits per heavy atom. The Kier molecular flexibility index (Phi) is 5.98. The zero-order valence-corrected chi connectivity index (χ0v) is 15.0. The summed E-state index contributed by atoms with van der Waals surface area (Å²) in [5, 5.41) is 3.91. The molecule has 0 aliphatic carbocycles. The second kappa shape index (κ2) is 8.40. The first kappa shape index (κ1) is 18.5. The van der Waals surface area contributed by atoms with E-state index in [1.165, 1.54) is 12.1 Å². The zero-order chi connectivity index (χ0) is 18.5. The summed E-state index contributed by atoms with van der Waals surface area (Å²) in [6.07, 6.45) is 3.65. The van der Waals surface area contributed by atoms with Gasteiger partial charge in [0, 0.05) is 37.5 Å². The van der Waals surface area contributed by atoms with E-state index in [2.05, 4.69) is 10.1 Å². The highest BCUT2D eigenvalue weighted by atomic mass is 19.1. The molecule has 1 atom stereocenters. The second-order valence-corrected chi connectivity index (χ2v) is 6.95. The Hall–Kier alpha value is -2.28. The Bertz CT molecular complexity index is 721. The van der Waals surface area contributed by atoms with Crippen LogP contribution in [0.5, 0.6) is 0 Å². The minimum Gasteiger partial charge on any atom is -0.343 e. The summed E-state index contributed by atoms with van der Waals surface area (Å²) in [5.74, 6) is 1.31. The van der Waals surface area contributed by atoms with Gasteiger partial charge in [0.15, 0.2) is 0 Å². The quantitative estimate of drug-likeness (QED) is 0.856. The van der Waals surface area contributed by atoms with Crippen molar-refractivity contribution in [2.24, 2.45) is 11.7 Å². The minimum atomic E-state index is -0.305. The number of halogens is 1. The fourth-order valence-electron chi connectivity index (χ4n) is 3.30. The molecular formula is C19H25FN4O2. The Balaban J connectivity index is 1.44. The molecule has 1 aliphatic heterocycles. The predicted molar refractivity (Wildman–Crippen MR) is 95.6 cm³/mol. The summed E-state index contributed by atoms with van der Waals surface area (Å²) in [6.45, 7) is 3.62. The molecule has 0 radical (unpaired) electrons.